The highest BCUT2D eigenvalue weighted by atomic mass is 32.2. The largest absolute Gasteiger partial charge is 0.477 e. The van der Waals surface area contributed by atoms with Crippen LogP contribution in [0.3, 0.4) is 0 Å². The van der Waals surface area contributed by atoms with E-state index in [-0.39, 0.29) is 24.4 Å². The Morgan fingerprint density at radius 3 is 2.60 bits per heavy atom. The summed E-state index contributed by atoms with van der Waals surface area (Å²) in [4.78, 5) is 20.0. The SMILES string of the molecule is COC1CCC(COc2ncc(S(=O)(=O)C3(Oc4cnc5[nH]ccc5c4)C=CC=CC3C(N)=O)cc2C(F)(F)F)CC1. The van der Waals surface area contributed by atoms with Crippen molar-refractivity contribution < 1.29 is 40.6 Å². The van der Waals surface area contributed by atoms with E-state index in [1.807, 2.05) is 0 Å². The van der Waals surface area contributed by atoms with Crippen LogP contribution in [-0.4, -0.2) is 54.0 Å². The van der Waals surface area contributed by atoms with Crippen LogP contribution in [0.4, 0.5) is 13.2 Å². The Balaban J connectivity index is 1.52. The number of methoxy groups -OCH3 is 1. The molecule has 0 saturated heterocycles. The van der Waals surface area contributed by atoms with Crippen LogP contribution in [0, 0.1) is 11.8 Å². The standard InChI is InChI=1S/C28H29F3N4O6S/c1-39-19-7-5-17(6-8-19)16-40-26-23(28(29,30)31)13-21(15-35-26)42(37,38)27(10-3-2-4-22(27)24(32)36)41-20-12-18-9-11-33-25(18)34-14-20/h2-4,9-15,17,19,22H,5-8,16H2,1H3,(H2,32,36)(H,33,34). The predicted octanol–water partition coefficient (Wildman–Crippen LogP) is 4.34. The van der Waals surface area contributed by atoms with Gasteiger partial charge in [0.1, 0.15) is 22.9 Å². The minimum Gasteiger partial charge on any atom is -0.477 e. The number of primary amides is 1. The lowest BCUT2D eigenvalue weighted by Crippen LogP contribution is -2.54. The smallest absolute Gasteiger partial charge is 0.421 e. The average molecular weight is 607 g/mol. The molecule has 0 spiro atoms. The monoisotopic (exact) mass is 606 g/mol. The highest BCUT2D eigenvalue weighted by Crippen LogP contribution is 2.42. The molecule has 0 aliphatic heterocycles. The predicted molar refractivity (Wildman–Crippen MR) is 145 cm³/mol. The number of fused-ring (bicyclic) bond motifs is 1. The Bertz CT molecular complexity index is 1630. The van der Waals surface area contributed by atoms with E-state index >= 15 is 0 Å². The summed E-state index contributed by atoms with van der Waals surface area (Å²) in [5.74, 6) is -3.45. The van der Waals surface area contributed by atoms with Crippen molar-refractivity contribution in [3.63, 3.8) is 0 Å². The van der Waals surface area contributed by atoms with E-state index in [4.69, 9.17) is 19.9 Å². The first-order valence-electron chi connectivity index (χ1n) is 13.2. The van der Waals surface area contributed by atoms with Crippen LogP contribution in [0.1, 0.15) is 31.2 Å². The van der Waals surface area contributed by atoms with Crippen molar-refractivity contribution in [1.29, 1.82) is 0 Å². The molecule has 0 aromatic carbocycles. The lowest BCUT2D eigenvalue weighted by atomic mass is 9.88. The van der Waals surface area contributed by atoms with E-state index in [9.17, 15) is 26.4 Å². The van der Waals surface area contributed by atoms with Gasteiger partial charge in [-0.05, 0) is 55.9 Å². The van der Waals surface area contributed by atoms with E-state index in [1.54, 1.807) is 19.4 Å². The Kier molecular flexibility index (Phi) is 8.03. The van der Waals surface area contributed by atoms with Gasteiger partial charge in [0.25, 0.3) is 0 Å². The van der Waals surface area contributed by atoms with Gasteiger partial charge in [0.2, 0.25) is 26.6 Å². The number of sulfone groups is 1. The number of aromatic nitrogens is 3. The van der Waals surface area contributed by atoms with Gasteiger partial charge >= 0.3 is 6.18 Å². The number of ether oxygens (including phenoxy) is 3. The lowest BCUT2D eigenvalue weighted by molar-refractivity contribution is -0.139. The van der Waals surface area contributed by atoms with Crippen LogP contribution in [0.5, 0.6) is 11.6 Å². The van der Waals surface area contributed by atoms with Gasteiger partial charge in [0.15, 0.2) is 0 Å². The van der Waals surface area contributed by atoms with Crippen LogP contribution in [0.15, 0.2) is 66.0 Å². The maximum atomic E-state index is 14.2. The Labute approximate surface area is 239 Å². The molecule has 3 heterocycles. The summed E-state index contributed by atoms with van der Waals surface area (Å²) in [6.07, 6.45) is 6.68. The number of aromatic amines is 1. The quantitative estimate of drug-likeness (QED) is 0.366. The molecule has 3 N–H and O–H groups in total. The van der Waals surface area contributed by atoms with Crippen LogP contribution in [-0.2, 0) is 25.5 Å². The van der Waals surface area contributed by atoms with E-state index in [0.717, 1.165) is 25.1 Å². The van der Waals surface area contributed by atoms with Gasteiger partial charge in [0.05, 0.1) is 23.8 Å². The van der Waals surface area contributed by atoms with Crippen molar-refractivity contribution in [2.45, 2.75) is 47.8 Å². The lowest BCUT2D eigenvalue weighted by Gasteiger charge is -2.36. The third kappa shape index (κ3) is 5.60. The summed E-state index contributed by atoms with van der Waals surface area (Å²) >= 11 is 0. The topological polar surface area (TPSA) is 146 Å². The molecule has 42 heavy (non-hydrogen) atoms. The third-order valence-corrected chi connectivity index (χ3v) is 9.74. The molecule has 5 rings (SSSR count). The molecule has 0 radical (unpaired) electrons. The number of H-pyrrole nitrogens is 1. The molecular formula is C28H29F3N4O6S. The van der Waals surface area contributed by atoms with Crippen LogP contribution < -0.4 is 15.2 Å². The number of nitrogens with two attached hydrogens (primary N) is 1. The van der Waals surface area contributed by atoms with Gasteiger partial charge in [-0.2, -0.15) is 13.2 Å². The molecule has 3 aromatic heterocycles. The maximum Gasteiger partial charge on any atom is 0.421 e. The number of carbonyl (C=O) groups excluding carboxylic acids is 1. The second kappa shape index (κ2) is 11.4. The third-order valence-electron chi connectivity index (χ3n) is 7.58. The van der Waals surface area contributed by atoms with Crippen molar-refractivity contribution in [3.05, 3.63) is 66.7 Å². The minimum absolute atomic E-state index is 0.000764. The summed E-state index contributed by atoms with van der Waals surface area (Å²) in [7, 11) is -3.31. The zero-order valence-electron chi connectivity index (χ0n) is 22.5. The van der Waals surface area contributed by atoms with Gasteiger partial charge in [0, 0.05) is 24.9 Å². The number of halogens is 3. The number of hydrogen-bond acceptors (Lipinski definition) is 8. The van der Waals surface area contributed by atoms with Crippen LogP contribution in [0.2, 0.25) is 0 Å². The molecule has 1 amide bonds. The number of alkyl halides is 3. The number of nitrogens with zero attached hydrogens (tertiary/aromatic N) is 2. The summed E-state index contributed by atoms with van der Waals surface area (Å²) in [5.41, 5.74) is 4.71. The second-order valence-corrected chi connectivity index (χ2v) is 12.4. The number of pyridine rings is 2. The summed E-state index contributed by atoms with van der Waals surface area (Å²) in [5, 5.41) is 0.573. The highest BCUT2D eigenvalue weighted by Gasteiger charge is 2.55. The van der Waals surface area contributed by atoms with Crippen molar-refractivity contribution in [3.8, 4) is 11.6 Å². The number of amides is 1. The normalized spacial score (nSPS) is 24.5. The minimum atomic E-state index is -5.00. The van der Waals surface area contributed by atoms with E-state index in [2.05, 4.69) is 15.0 Å². The molecule has 14 heteroatoms. The zero-order valence-corrected chi connectivity index (χ0v) is 23.3. The average Bonchev–Trinajstić information content (AvgIpc) is 3.44. The number of hydrogen-bond donors (Lipinski definition) is 2. The van der Waals surface area contributed by atoms with Gasteiger partial charge in [-0.25, -0.2) is 18.4 Å². The van der Waals surface area contributed by atoms with Gasteiger partial charge in [-0.15, -0.1) is 0 Å². The first-order chi connectivity index (χ1) is 19.9. The summed E-state index contributed by atoms with van der Waals surface area (Å²) in [6.45, 7) is -0.0163. The molecule has 1 saturated carbocycles. The van der Waals surface area contributed by atoms with Gasteiger partial charge < -0.3 is 24.9 Å². The van der Waals surface area contributed by atoms with Crippen LogP contribution >= 0.6 is 0 Å². The molecule has 3 aromatic rings. The highest BCUT2D eigenvalue weighted by molar-refractivity contribution is 7.93. The Hall–Kier alpha value is -3.91. The second-order valence-electron chi connectivity index (χ2n) is 10.2. The molecule has 2 aliphatic rings. The van der Waals surface area contributed by atoms with E-state index in [1.165, 1.54) is 30.5 Å². The number of carbonyl (C=O) groups is 1. The first-order valence-corrected chi connectivity index (χ1v) is 14.7. The van der Waals surface area contributed by atoms with Crippen molar-refractivity contribution >= 4 is 26.8 Å². The molecule has 2 unspecified atom stereocenters. The maximum absolute atomic E-state index is 14.2. The fourth-order valence-electron chi connectivity index (χ4n) is 5.28. The fraction of sp³-hybridized carbons (Fsp3) is 0.393. The fourth-order valence-corrected chi connectivity index (χ4v) is 7.10. The number of nitrogens with one attached hydrogen (secondary N) is 1. The van der Waals surface area contributed by atoms with Crippen molar-refractivity contribution in [2.75, 3.05) is 13.7 Å². The van der Waals surface area contributed by atoms with Gasteiger partial charge in [-0.3, -0.25) is 4.79 Å². The molecule has 2 aliphatic carbocycles. The summed E-state index contributed by atoms with van der Waals surface area (Å²) in [6, 6.07) is 3.60. The molecule has 0 bridgehead atoms. The number of rotatable bonds is 9. The van der Waals surface area contributed by atoms with E-state index in [0.29, 0.717) is 29.9 Å². The summed E-state index contributed by atoms with van der Waals surface area (Å²) < 4.78 is 87.8. The Morgan fingerprint density at radius 2 is 1.90 bits per heavy atom. The molecule has 2 atom stereocenters. The zero-order chi connectivity index (χ0) is 30.1. The molecular weight excluding hydrogens is 577 g/mol. The van der Waals surface area contributed by atoms with Crippen molar-refractivity contribution in [2.24, 2.45) is 17.6 Å². The van der Waals surface area contributed by atoms with Gasteiger partial charge in [-0.1, -0.05) is 18.2 Å². The molecule has 224 valence electrons. The molecule has 10 nitrogen and oxygen atoms in total. The Morgan fingerprint density at radius 1 is 1.14 bits per heavy atom. The molecule has 1 fully saturated rings. The van der Waals surface area contributed by atoms with Crippen LogP contribution in [0.25, 0.3) is 11.0 Å². The van der Waals surface area contributed by atoms with Crippen molar-refractivity contribution in [1.82, 2.24) is 15.0 Å². The van der Waals surface area contributed by atoms with E-state index < -0.39 is 49.1 Å². The first kappa shape index (κ1) is 29.6. The number of allylic oxidation sites excluding steroid dienone is 2.